The Kier molecular flexibility index (Phi) is 5.66. The van der Waals surface area contributed by atoms with Crippen LogP contribution in [0.25, 0.3) is 5.70 Å². The fourth-order valence-electron chi connectivity index (χ4n) is 2.29. The van der Waals surface area contributed by atoms with Crippen molar-refractivity contribution >= 4 is 11.6 Å². The van der Waals surface area contributed by atoms with E-state index in [0.717, 1.165) is 5.69 Å². The molecule has 0 radical (unpaired) electrons. The van der Waals surface area contributed by atoms with Gasteiger partial charge in [-0.15, -0.1) is 0 Å². The average molecular weight is 357 g/mol. The zero-order chi connectivity index (χ0) is 19.5. The molecule has 6 N–H and O–H groups in total. The highest BCUT2D eigenvalue weighted by Gasteiger charge is 2.17. The van der Waals surface area contributed by atoms with Gasteiger partial charge in [-0.25, -0.2) is 20.8 Å². The summed E-state index contributed by atoms with van der Waals surface area (Å²) in [6, 6.07) is 5.11. The van der Waals surface area contributed by atoms with Crippen molar-refractivity contribution in [3.05, 3.63) is 47.2 Å². The first-order valence-corrected chi connectivity index (χ1v) is 8.31. The lowest BCUT2D eigenvalue weighted by Crippen LogP contribution is -2.32. The molecule has 0 fully saturated rings. The Labute approximate surface area is 153 Å². The van der Waals surface area contributed by atoms with E-state index in [4.69, 9.17) is 11.6 Å². The summed E-state index contributed by atoms with van der Waals surface area (Å²) in [6.07, 6.45) is 1.72. The maximum Gasteiger partial charge on any atom is 0.223 e. The summed E-state index contributed by atoms with van der Waals surface area (Å²) in [5.41, 5.74) is 9.20. The molecule has 140 valence electrons. The summed E-state index contributed by atoms with van der Waals surface area (Å²) < 4.78 is 0. The average Bonchev–Trinajstić information content (AvgIpc) is 2.56. The zero-order valence-corrected chi connectivity index (χ0v) is 15.9. The summed E-state index contributed by atoms with van der Waals surface area (Å²) in [4.78, 5) is 13.1. The van der Waals surface area contributed by atoms with Crippen LogP contribution < -0.4 is 16.9 Å². The third-order valence-corrected chi connectivity index (χ3v) is 3.91. The maximum absolute atomic E-state index is 9.63. The largest absolute Gasteiger partial charge is 0.506 e. The first-order chi connectivity index (χ1) is 12.1. The van der Waals surface area contributed by atoms with Gasteiger partial charge >= 0.3 is 0 Å². The molecule has 0 unspecified atom stereocenters. The van der Waals surface area contributed by atoms with Crippen LogP contribution in [0.5, 0.6) is 5.75 Å². The van der Waals surface area contributed by atoms with Crippen molar-refractivity contribution in [1.82, 2.24) is 20.0 Å². The Morgan fingerprint density at radius 3 is 2.50 bits per heavy atom. The number of anilines is 1. The Bertz CT molecular complexity index is 809. The fourth-order valence-corrected chi connectivity index (χ4v) is 2.29. The second-order valence-electron chi connectivity index (χ2n) is 7.14. The Hall–Kier alpha value is -2.87. The van der Waals surface area contributed by atoms with Crippen LogP contribution in [0, 0.1) is 6.92 Å². The smallest absolute Gasteiger partial charge is 0.223 e. The number of hydrogen-bond donors (Lipinski definition) is 4. The van der Waals surface area contributed by atoms with Gasteiger partial charge in [0.1, 0.15) is 5.75 Å². The zero-order valence-electron chi connectivity index (χ0n) is 15.9. The van der Waals surface area contributed by atoms with E-state index in [1.54, 1.807) is 32.3 Å². The third kappa shape index (κ3) is 4.60. The van der Waals surface area contributed by atoms with E-state index in [-0.39, 0.29) is 11.2 Å². The number of likely N-dealkylation sites (N-methyl/N-ethyl adjacent to an activating group) is 1. The molecule has 0 aromatic carbocycles. The molecule has 8 heteroatoms. The number of pyridine rings is 1. The molecule has 0 aliphatic heterocycles. The number of hydrogen-bond acceptors (Lipinski definition) is 8. The van der Waals surface area contributed by atoms with E-state index in [0.29, 0.717) is 35.3 Å². The van der Waals surface area contributed by atoms with Gasteiger partial charge in [0.15, 0.2) is 0 Å². The standard InChI is InChI=1S/C18H27N7O/c1-11-14(26)7-6-12(23-11)16(19)13(25(5)20)10-22-17-21-9-8-15(24-17)18(2,3)4/h6-9,26H,10,19-20H2,1-5H3,(H,21,22,24)/b16-13-. The minimum Gasteiger partial charge on any atom is -0.506 e. The molecular weight excluding hydrogens is 330 g/mol. The number of nitrogens with one attached hydrogen (secondary N) is 1. The van der Waals surface area contributed by atoms with E-state index < -0.39 is 0 Å². The van der Waals surface area contributed by atoms with Gasteiger partial charge in [-0.2, -0.15) is 0 Å². The van der Waals surface area contributed by atoms with Gasteiger partial charge < -0.3 is 21.2 Å². The maximum atomic E-state index is 9.63. The van der Waals surface area contributed by atoms with Gasteiger partial charge in [0.05, 0.1) is 35.0 Å². The lowest BCUT2D eigenvalue weighted by molar-refractivity contribution is 0.437. The number of rotatable bonds is 5. The van der Waals surface area contributed by atoms with Crippen LogP contribution in [-0.2, 0) is 5.41 Å². The van der Waals surface area contributed by atoms with Gasteiger partial charge in [0.2, 0.25) is 5.95 Å². The number of aryl methyl sites for hydroxylation is 1. The fraction of sp³-hybridized carbons (Fsp3) is 0.389. The number of aromatic hydroxyl groups is 1. The van der Waals surface area contributed by atoms with Gasteiger partial charge in [-0.1, -0.05) is 20.8 Å². The van der Waals surface area contributed by atoms with Crippen LogP contribution in [0.4, 0.5) is 5.95 Å². The predicted molar refractivity (Wildman–Crippen MR) is 103 cm³/mol. The molecule has 0 saturated heterocycles. The Morgan fingerprint density at radius 2 is 1.92 bits per heavy atom. The molecule has 0 saturated carbocycles. The van der Waals surface area contributed by atoms with Gasteiger partial charge in [0.25, 0.3) is 0 Å². The molecule has 0 spiro atoms. The summed E-state index contributed by atoms with van der Waals surface area (Å²) in [5.74, 6) is 6.56. The van der Waals surface area contributed by atoms with Crippen LogP contribution in [0.3, 0.4) is 0 Å². The molecule has 2 rings (SSSR count). The van der Waals surface area contributed by atoms with Crippen molar-refractivity contribution in [1.29, 1.82) is 0 Å². The first-order valence-electron chi connectivity index (χ1n) is 8.31. The van der Waals surface area contributed by atoms with Crippen LogP contribution in [0.2, 0.25) is 0 Å². The van der Waals surface area contributed by atoms with Crippen molar-refractivity contribution in [2.24, 2.45) is 11.6 Å². The molecule has 2 heterocycles. The lowest BCUT2D eigenvalue weighted by Gasteiger charge is -2.21. The monoisotopic (exact) mass is 357 g/mol. The summed E-state index contributed by atoms with van der Waals surface area (Å²) in [7, 11) is 1.70. The highest BCUT2D eigenvalue weighted by Crippen LogP contribution is 2.21. The van der Waals surface area contributed by atoms with E-state index in [1.165, 1.54) is 5.01 Å². The number of nitrogens with two attached hydrogens (primary N) is 2. The molecule has 0 aliphatic carbocycles. The molecule has 0 aliphatic rings. The van der Waals surface area contributed by atoms with E-state index in [1.807, 2.05) is 6.07 Å². The second kappa shape index (κ2) is 7.57. The quantitative estimate of drug-likeness (QED) is 0.471. The number of aromatic nitrogens is 3. The number of hydrazine groups is 1. The normalized spacial score (nSPS) is 12.5. The molecule has 2 aromatic rings. The number of nitrogens with zero attached hydrogens (tertiary/aromatic N) is 4. The highest BCUT2D eigenvalue weighted by molar-refractivity contribution is 5.64. The van der Waals surface area contributed by atoms with Crippen molar-refractivity contribution in [2.45, 2.75) is 33.1 Å². The summed E-state index contributed by atoms with van der Waals surface area (Å²) >= 11 is 0. The van der Waals surface area contributed by atoms with Gasteiger partial charge in [-0.3, -0.25) is 0 Å². The first kappa shape index (κ1) is 19.5. The van der Waals surface area contributed by atoms with Crippen LogP contribution in [-0.4, -0.2) is 38.7 Å². The van der Waals surface area contributed by atoms with Crippen LogP contribution in [0.15, 0.2) is 30.1 Å². The lowest BCUT2D eigenvalue weighted by atomic mass is 9.92. The van der Waals surface area contributed by atoms with Crippen molar-refractivity contribution < 1.29 is 5.11 Å². The van der Waals surface area contributed by atoms with Crippen molar-refractivity contribution in [3.8, 4) is 5.75 Å². The SMILES string of the molecule is Cc1nc(/C(N)=C(\CNc2nccc(C(C)(C)C)n2)N(C)N)ccc1O. The van der Waals surface area contributed by atoms with Crippen molar-refractivity contribution in [3.63, 3.8) is 0 Å². The Morgan fingerprint density at radius 1 is 1.23 bits per heavy atom. The predicted octanol–water partition coefficient (Wildman–Crippen LogP) is 1.73. The molecular formula is C18H27N7O. The molecule has 2 aromatic heterocycles. The molecule has 26 heavy (non-hydrogen) atoms. The van der Waals surface area contributed by atoms with Gasteiger partial charge in [-0.05, 0) is 25.1 Å². The van der Waals surface area contributed by atoms with E-state index >= 15 is 0 Å². The molecule has 0 amide bonds. The Balaban J connectivity index is 2.27. The third-order valence-electron chi connectivity index (χ3n) is 3.91. The summed E-state index contributed by atoms with van der Waals surface area (Å²) in [6.45, 7) is 8.31. The minimum atomic E-state index is -0.0742. The van der Waals surface area contributed by atoms with E-state index in [9.17, 15) is 5.11 Å². The summed E-state index contributed by atoms with van der Waals surface area (Å²) in [5, 5.41) is 14.2. The molecule has 0 bridgehead atoms. The topological polar surface area (TPSA) is 126 Å². The van der Waals surface area contributed by atoms with Crippen molar-refractivity contribution in [2.75, 3.05) is 18.9 Å². The van der Waals surface area contributed by atoms with E-state index in [2.05, 4.69) is 41.0 Å². The molecule has 8 nitrogen and oxygen atoms in total. The molecule has 0 atom stereocenters. The van der Waals surface area contributed by atoms with Crippen LogP contribution in [0.1, 0.15) is 37.9 Å². The van der Waals surface area contributed by atoms with Gasteiger partial charge in [0, 0.05) is 18.7 Å². The highest BCUT2D eigenvalue weighted by atomic mass is 16.3. The minimum absolute atomic E-state index is 0.0742. The second-order valence-corrected chi connectivity index (χ2v) is 7.14. The van der Waals surface area contributed by atoms with Crippen LogP contribution >= 0.6 is 0 Å².